The molecule has 0 atom stereocenters. The van der Waals surface area contributed by atoms with Gasteiger partial charge >= 0.3 is 0 Å². The van der Waals surface area contributed by atoms with Crippen LogP contribution in [0.25, 0.3) is 38.5 Å². The number of phenols is 1. The predicted octanol–water partition coefficient (Wildman–Crippen LogP) is 7.00. The van der Waals surface area contributed by atoms with Gasteiger partial charge in [0.05, 0.1) is 5.03 Å². The van der Waals surface area contributed by atoms with E-state index in [9.17, 15) is 5.11 Å². The summed E-state index contributed by atoms with van der Waals surface area (Å²) in [5, 5.41) is 14.3. The second-order valence-corrected chi connectivity index (χ2v) is 9.19. The summed E-state index contributed by atoms with van der Waals surface area (Å²) in [6.45, 7) is 4.11. The third-order valence-electron chi connectivity index (χ3n) is 5.87. The summed E-state index contributed by atoms with van der Waals surface area (Å²) in [6.07, 6.45) is 0. The van der Waals surface area contributed by atoms with Crippen molar-refractivity contribution < 1.29 is 26.2 Å². The fraction of sp³-hybridized carbons (Fsp3) is 0.0714. The molecule has 0 spiro atoms. The standard InChI is InChI=1S/C28H20N3OS.Pt/c1-17-10-11-18(2)29-28(17)31-23-8-4-3-7-21(23)22-14-13-20(16-24(22)31)33-26-15-12-19-6-5-9-25(32)27(19)30-26;/h3-15,32H,1-2H3;/q-1;. The number of phenolic OH excluding ortho intramolecular Hbond substituents is 1. The van der Waals surface area contributed by atoms with Gasteiger partial charge in [0, 0.05) is 37.7 Å². The number of pyridine rings is 2. The zero-order chi connectivity index (χ0) is 22.5. The number of hydrogen-bond acceptors (Lipinski definition) is 4. The van der Waals surface area contributed by atoms with Gasteiger partial charge in [-0.3, -0.25) is 0 Å². The molecule has 6 rings (SSSR count). The van der Waals surface area contributed by atoms with Gasteiger partial charge in [-0.05, 0) is 55.1 Å². The van der Waals surface area contributed by atoms with Crippen molar-refractivity contribution >= 4 is 44.5 Å². The van der Waals surface area contributed by atoms with Crippen LogP contribution >= 0.6 is 11.8 Å². The van der Waals surface area contributed by atoms with Crippen LogP contribution in [0.5, 0.6) is 5.75 Å². The first kappa shape index (κ1) is 22.6. The third-order valence-corrected chi connectivity index (χ3v) is 6.76. The number of aromatic nitrogens is 3. The van der Waals surface area contributed by atoms with Crippen LogP contribution in [-0.2, 0) is 21.1 Å². The molecule has 3 aromatic carbocycles. The SMILES string of the molecule is Cc1ccc(C)c(-n2c3[c-]c(Sc4ccc5cccc(O)c5n4)ccc3c3ccccc32)n1.[Pt]. The smallest absolute Gasteiger partial charge is 0.141 e. The Kier molecular flexibility index (Phi) is 5.93. The van der Waals surface area contributed by atoms with Crippen molar-refractivity contribution in [2.45, 2.75) is 23.8 Å². The van der Waals surface area contributed by atoms with Crippen molar-refractivity contribution in [3.05, 3.63) is 96.2 Å². The molecule has 0 aliphatic heterocycles. The average molecular weight is 642 g/mol. The van der Waals surface area contributed by atoms with Crippen LogP contribution in [0.4, 0.5) is 0 Å². The van der Waals surface area contributed by atoms with Crippen LogP contribution in [-0.4, -0.2) is 19.6 Å². The molecule has 0 unspecified atom stereocenters. The Bertz CT molecular complexity index is 1690. The number of fused-ring (bicyclic) bond motifs is 4. The van der Waals surface area contributed by atoms with Gasteiger partial charge in [0.2, 0.25) is 0 Å². The van der Waals surface area contributed by atoms with Crippen LogP contribution in [0.15, 0.2) is 88.8 Å². The Balaban J connectivity index is 0.00000241. The molecule has 1 N–H and O–H groups in total. The quantitative estimate of drug-likeness (QED) is 0.212. The zero-order valence-electron chi connectivity index (χ0n) is 18.5. The molecule has 0 aliphatic carbocycles. The molecule has 3 aromatic heterocycles. The van der Waals surface area contributed by atoms with E-state index in [1.165, 1.54) is 17.1 Å². The Morgan fingerprint density at radius 3 is 2.56 bits per heavy atom. The van der Waals surface area contributed by atoms with E-state index in [-0.39, 0.29) is 26.8 Å². The first-order valence-electron chi connectivity index (χ1n) is 10.8. The molecular formula is C28H20N3OPtS-. The molecule has 3 heterocycles. The summed E-state index contributed by atoms with van der Waals surface area (Å²) in [5.41, 5.74) is 4.80. The summed E-state index contributed by atoms with van der Waals surface area (Å²) < 4.78 is 2.21. The molecule has 0 saturated carbocycles. The molecule has 0 saturated heterocycles. The van der Waals surface area contributed by atoms with Gasteiger partial charge in [-0.15, -0.1) is 11.5 Å². The first-order valence-corrected chi connectivity index (χ1v) is 11.6. The number of aromatic hydroxyl groups is 1. The summed E-state index contributed by atoms with van der Waals surface area (Å²) in [4.78, 5) is 10.5. The third kappa shape index (κ3) is 3.79. The van der Waals surface area contributed by atoms with E-state index in [0.717, 1.165) is 48.8 Å². The second-order valence-electron chi connectivity index (χ2n) is 8.13. The summed E-state index contributed by atoms with van der Waals surface area (Å²) in [7, 11) is 0. The fourth-order valence-corrected chi connectivity index (χ4v) is 5.06. The number of rotatable bonds is 3. The molecule has 0 radical (unpaired) electrons. The minimum Gasteiger partial charge on any atom is -0.506 e. The van der Waals surface area contributed by atoms with Crippen LogP contribution in [0, 0.1) is 19.9 Å². The molecule has 0 amide bonds. The van der Waals surface area contributed by atoms with E-state index in [0.29, 0.717) is 5.52 Å². The molecule has 4 nitrogen and oxygen atoms in total. The van der Waals surface area contributed by atoms with Crippen LogP contribution in [0.2, 0.25) is 0 Å². The molecule has 0 aliphatic rings. The maximum absolute atomic E-state index is 10.2. The molecular weight excluding hydrogens is 621 g/mol. The van der Waals surface area contributed by atoms with Gasteiger partial charge in [0.15, 0.2) is 0 Å². The predicted molar refractivity (Wildman–Crippen MR) is 134 cm³/mol. The van der Waals surface area contributed by atoms with E-state index < -0.39 is 0 Å². The number of benzene rings is 3. The van der Waals surface area contributed by atoms with Gasteiger partial charge in [0.1, 0.15) is 17.1 Å². The van der Waals surface area contributed by atoms with Gasteiger partial charge in [0.25, 0.3) is 0 Å². The number of nitrogens with zero attached hydrogens (tertiary/aromatic N) is 3. The van der Waals surface area contributed by atoms with E-state index in [2.05, 4.69) is 65.0 Å². The van der Waals surface area contributed by atoms with Gasteiger partial charge in [-0.25, -0.2) is 9.97 Å². The molecule has 0 fully saturated rings. The minimum absolute atomic E-state index is 0. The topological polar surface area (TPSA) is 50.9 Å². The van der Waals surface area contributed by atoms with E-state index in [1.54, 1.807) is 6.07 Å². The van der Waals surface area contributed by atoms with E-state index >= 15 is 0 Å². The van der Waals surface area contributed by atoms with Crippen molar-refractivity contribution in [1.29, 1.82) is 0 Å². The molecule has 170 valence electrons. The zero-order valence-corrected chi connectivity index (χ0v) is 21.6. The number of para-hydroxylation sites is 2. The number of aryl methyl sites for hydroxylation is 2. The van der Waals surface area contributed by atoms with Crippen molar-refractivity contribution in [2.75, 3.05) is 0 Å². The van der Waals surface area contributed by atoms with Gasteiger partial charge in [-0.2, -0.15) is 12.1 Å². The maximum Gasteiger partial charge on any atom is 0.141 e. The largest absolute Gasteiger partial charge is 0.506 e. The van der Waals surface area contributed by atoms with Crippen molar-refractivity contribution in [1.82, 2.24) is 14.5 Å². The van der Waals surface area contributed by atoms with E-state index in [1.807, 2.05) is 37.3 Å². The van der Waals surface area contributed by atoms with Crippen LogP contribution in [0.1, 0.15) is 11.3 Å². The summed E-state index contributed by atoms with van der Waals surface area (Å²) >= 11 is 1.54. The molecule has 0 bridgehead atoms. The Hall–Kier alpha value is -3.14. The van der Waals surface area contributed by atoms with Crippen molar-refractivity contribution in [3.63, 3.8) is 0 Å². The van der Waals surface area contributed by atoms with Crippen LogP contribution in [0.3, 0.4) is 0 Å². The van der Waals surface area contributed by atoms with Crippen molar-refractivity contribution in [2.24, 2.45) is 0 Å². The summed E-state index contributed by atoms with van der Waals surface area (Å²) in [5.74, 6) is 1.11. The fourth-order valence-electron chi connectivity index (χ4n) is 4.28. The average Bonchev–Trinajstić information content (AvgIpc) is 3.15. The summed E-state index contributed by atoms with van der Waals surface area (Å²) in [6, 6.07) is 29.8. The van der Waals surface area contributed by atoms with Crippen molar-refractivity contribution in [3.8, 4) is 11.6 Å². The minimum atomic E-state index is 0. The van der Waals surface area contributed by atoms with Gasteiger partial charge < -0.3 is 9.67 Å². The Morgan fingerprint density at radius 2 is 1.68 bits per heavy atom. The van der Waals surface area contributed by atoms with E-state index in [4.69, 9.17) is 4.98 Å². The molecule has 6 aromatic rings. The van der Waals surface area contributed by atoms with Crippen LogP contribution < -0.4 is 0 Å². The number of hydrogen-bond donors (Lipinski definition) is 1. The Morgan fingerprint density at radius 1 is 0.824 bits per heavy atom. The normalized spacial score (nSPS) is 11.2. The monoisotopic (exact) mass is 641 g/mol. The first-order chi connectivity index (χ1) is 16.1. The van der Waals surface area contributed by atoms with Gasteiger partial charge in [-0.1, -0.05) is 58.6 Å². The maximum atomic E-state index is 10.2. The second kappa shape index (κ2) is 8.90. The molecule has 6 heteroatoms. The molecule has 34 heavy (non-hydrogen) atoms. The Labute approximate surface area is 215 Å².